The first-order chi connectivity index (χ1) is 8.18. The summed E-state index contributed by atoms with van der Waals surface area (Å²) in [6.07, 6.45) is 1.61. The number of para-hydroxylation sites is 1. The minimum absolute atomic E-state index is 0.275. The minimum atomic E-state index is -0.275. The van der Waals surface area contributed by atoms with Gasteiger partial charge < -0.3 is 11.1 Å². The number of nitrogen functional groups attached to an aromatic ring is 1. The molecule has 86 valence electrons. The summed E-state index contributed by atoms with van der Waals surface area (Å²) in [7, 11) is 0. The van der Waals surface area contributed by atoms with Crippen LogP contribution in [0.4, 0.5) is 11.5 Å². The second-order valence-electron chi connectivity index (χ2n) is 3.37. The zero-order chi connectivity index (χ0) is 12.3. The van der Waals surface area contributed by atoms with Gasteiger partial charge >= 0.3 is 0 Å². The lowest BCUT2D eigenvalue weighted by molar-refractivity contribution is 0.102. The third kappa shape index (κ3) is 2.62. The number of carbonyl (C=O) groups is 1. The molecule has 5 heteroatoms. The molecule has 1 aromatic carbocycles. The summed E-state index contributed by atoms with van der Waals surface area (Å²) in [5.74, 6) is 0.222. The van der Waals surface area contributed by atoms with E-state index in [-0.39, 0.29) is 5.91 Å². The second-order valence-corrected chi connectivity index (χ2v) is 4.22. The summed E-state index contributed by atoms with van der Waals surface area (Å²) < 4.78 is 0.700. The molecule has 2 rings (SSSR count). The molecule has 0 saturated heterocycles. The van der Waals surface area contributed by atoms with Crippen molar-refractivity contribution in [3.8, 4) is 0 Å². The van der Waals surface area contributed by atoms with Crippen molar-refractivity contribution in [3.63, 3.8) is 0 Å². The smallest absolute Gasteiger partial charge is 0.258 e. The highest BCUT2D eigenvalue weighted by Gasteiger charge is 2.11. The van der Waals surface area contributed by atoms with Crippen LogP contribution >= 0.6 is 15.9 Å². The largest absolute Gasteiger partial charge is 0.397 e. The molecule has 0 radical (unpaired) electrons. The predicted molar refractivity (Wildman–Crippen MR) is 70.7 cm³/mol. The molecule has 0 unspecified atom stereocenters. The van der Waals surface area contributed by atoms with Crippen LogP contribution in [0.1, 0.15) is 10.4 Å². The van der Waals surface area contributed by atoms with Crippen molar-refractivity contribution < 1.29 is 4.79 Å². The van der Waals surface area contributed by atoms with E-state index < -0.39 is 0 Å². The molecule has 0 atom stereocenters. The van der Waals surface area contributed by atoms with Crippen molar-refractivity contribution in [3.05, 3.63) is 52.6 Å². The van der Waals surface area contributed by atoms with Gasteiger partial charge in [-0.1, -0.05) is 12.1 Å². The number of carbonyl (C=O) groups excluding carboxylic acids is 1. The number of rotatable bonds is 2. The number of nitrogens with two attached hydrogens (primary N) is 1. The topological polar surface area (TPSA) is 68.0 Å². The standard InChI is InChI=1S/C12H10BrN3O/c13-9-5-3-4-8(11(9)14)12(17)16-10-6-1-2-7-15-10/h1-7H,14H2,(H,15,16,17). The summed E-state index contributed by atoms with van der Waals surface area (Å²) in [6, 6.07) is 10.5. The van der Waals surface area contributed by atoms with Gasteiger partial charge in [0.1, 0.15) is 5.82 Å². The molecule has 1 heterocycles. The SMILES string of the molecule is Nc1c(Br)cccc1C(=O)Nc1ccccn1. The quantitative estimate of drug-likeness (QED) is 0.836. The lowest BCUT2D eigenvalue weighted by Crippen LogP contribution is -2.14. The van der Waals surface area contributed by atoms with Gasteiger partial charge in [-0.2, -0.15) is 0 Å². The monoisotopic (exact) mass is 291 g/mol. The van der Waals surface area contributed by atoms with E-state index in [1.54, 1.807) is 42.6 Å². The van der Waals surface area contributed by atoms with Crippen molar-refractivity contribution in [1.29, 1.82) is 0 Å². The van der Waals surface area contributed by atoms with Gasteiger partial charge in [0, 0.05) is 10.7 Å². The lowest BCUT2D eigenvalue weighted by atomic mass is 10.1. The number of aromatic nitrogens is 1. The zero-order valence-corrected chi connectivity index (χ0v) is 10.4. The van der Waals surface area contributed by atoms with Crippen LogP contribution in [-0.4, -0.2) is 10.9 Å². The number of amides is 1. The lowest BCUT2D eigenvalue weighted by Gasteiger charge is -2.07. The highest BCUT2D eigenvalue weighted by Crippen LogP contribution is 2.23. The fourth-order valence-corrected chi connectivity index (χ4v) is 1.72. The average molecular weight is 292 g/mol. The average Bonchev–Trinajstić information content (AvgIpc) is 2.34. The maximum atomic E-state index is 11.9. The minimum Gasteiger partial charge on any atom is -0.397 e. The van der Waals surface area contributed by atoms with Crippen molar-refractivity contribution >= 4 is 33.3 Å². The number of hydrogen-bond donors (Lipinski definition) is 2. The van der Waals surface area contributed by atoms with Gasteiger partial charge in [-0.25, -0.2) is 4.98 Å². The molecule has 0 fully saturated rings. The molecule has 0 spiro atoms. The Labute approximate surface area is 107 Å². The Kier molecular flexibility index (Phi) is 3.39. The van der Waals surface area contributed by atoms with Crippen molar-refractivity contribution in [1.82, 2.24) is 4.98 Å². The Hall–Kier alpha value is -1.88. The Balaban J connectivity index is 2.24. The summed E-state index contributed by atoms with van der Waals surface area (Å²) in [4.78, 5) is 15.9. The van der Waals surface area contributed by atoms with Crippen molar-refractivity contribution in [2.24, 2.45) is 0 Å². The van der Waals surface area contributed by atoms with Crippen LogP contribution in [0.2, 0.25) is 0 Å². The molecule has 2 aromatic rings. The number of halogens is 1. The highest BCUT2D eigenvalue weighted by atomic mass is 79.9. The molecule has 17 heavy (non-hydrogen) atoms. The van der Waals surface area contributed by atoms with Crippen LogP contribution in [0, 0.1) is 0 Å². The van der Waals surface area contributed by atoms with E-state index in [4.69, 9.17) is 5.73 Å². The fraction of sp³-hybridized carbons (Fsp3) is 0. The molecule has 1 amide bonds. The van der Waals surface area contributed by atoms with E-state index >= 15 is 0 Å². The van der Waals surface area contributed by atoms with E-state index in [9.17, 15) is 4.79 Å². The normalized spacial score (nSPS) is 9.94. The molecule has 4 nitrogen and oxygen atoms in total. The number of anilines is 2. The maximum Gasteiger partial charge on any atom is 0.258 e. The number of pyridine rings is 1. The molecular formula is C12H10BrN3O. The van der Waals surface area contributed by atoms with Gasteiger partial charge in [-0.3, -0.25) is 4.79 Å². The molecule has 1 aromatic heterocycles. The molecule has 0 saturated carbocycles. The van der Waals surface area contributed by atoms with Gasteiger partial charge in [0.05, 0.1) is 11.3 Å². The third-order valence-corrected chi connectivity index (χ3v) is 2.90. The number of nitrogens with zero attached hydrogens (tertiary/aromatic N) is 1. The Morgan fingerprint density at radius 3 is 2.76 bits per heavy atom. The van der Waals surface area contributed by atoms with Crippen LogP contribution in [0.25, 0.3) is 0 Å². The number of hydrogen-bond acceptors (Lipinski definition) is 3. The molecule has 0 aliphatic carbocycles. The van der Waals surface area contributed by atoms with Crippen molar-refractivity contribution in [2.75, 3.05) is 11.1 Å². The first kappa shape index (κ1) is 11.6. The van der Waals surface area contributed by atoms with Gasteiger partial charge in [0.15, 0.2) is 0 Å². The predicted octanol–water partition coefficient (Wildman–Crippen LogP) is 2.68. The summed E-state index contributed by atoms with van der Waals surface area (Å²) >= 11 is 3.28. The molecule has 0 aliphatic rings. The van der Waals surface area contributed by atoms with Crippen LogP contribution in [0.5, 0.6) is 0 Å². The number of nitrogens with one attached hydrogen (secondary N) is 1. The van der Waals surface area contributed by atoms with E-state index in [2.05, 4.69) is 26.2 Å². The van der Waals surface area contributed by atoms with E-state index in [0.29, 0.717) is 21.5 Å². The summed E-state index contributed by atoms with van der Waals surface area (Å²) in [5.41, 5.74) is 6.65. The van der Waals surface area contributed by atoms with Crippen LogP contribution in [0.3, 0.4) is 0 Å². The second kappa shape index (κ2) is 4.97. The van der Waals surface area contributed by atoms with Gasteiger partial charge in [-0.15, -0.1) is 0 Å². The molecule has 0 bridgehead atoms. The Morgan fingerprint density at radius 1 is 1.24 bits per heavy atom. The van der Waals surface area contributed by atoms with Gasteiger partial charge in [0.25, 0.3) is 5.91 Å². The van der Waals surface area contributed by atoms with Gasteiger partial charge in [-0.05, 0) is 40.2 Å². The van der Waals surface area contributed by atoms with E-state index in [1.165, 1.54) is 0 Å². The number of benzene rings is 1. The first-order valence-corrected chi connectivity index (χ1v) is 5.74. The first-order valence-electron chi connectivity index (χ1n) is 4.95. The maximum absolute atomic E-state index is 11.9. The van der Waals surface area contributed by atoms with Crippen LogP contribution < -0.4 is 11.1 Å². The molecule has 3 N–H and O–H groups in total. The summed E-state index contributed by atoms with van der Waals surface area (Å²) in [5, 5.41) is 2.68. The van der Waals surface area contributed by atoms with Crippen molar-refractivity contribution in [2.45, 2.75) is 0 Å². The molecular weight excluding hydrogens is 282 g/mol. The van der Waals surface area contributed by atoms with Crippen LogP contribution in [0.15, 0.2) is 47.1 Å². The fourth-order valence-electron chi connectivity index (χ4n) is 1.36. The Morgan fingerprint density at radius 2 is 2.06 bits per heavy atom. The highest BCUT2D eigenvalue weighted by molar-refractivity contribution is 9.10. The van der Waals surface area contributed by atoms with Crippen LogP contribution in [-0.2, 0) is 0 Å². The Bertz CT molecular complexity index is 543. The molecule has 0 aliphatic heterocycles. The van der Waals surface area contributed by atoms with Gasteiger partial charge in [0.2, 0.25) is 0 Å². The third-order valence-electron chi connectivity index (χ3n) is 2.20. The summed E-state index contributed by atoms with van der Waals surface area (Å²) in [6.45, 7) is 0. The van der Waals surface area contributed by atoms with E-state index in [0.717, 1.165) is 0 Å². The van der Waals surface area contributed by atoms with E-state index in [1.807, 2.05) is 0 Å². The zero-order valence-electron chi connectivity index (χ0n) is 8.85.